The van der Waals surface area contributed by atoms with Crippen LogP contribution in [0.5, 0.6) is 0 Å². The van der Waals surface area contributed by atoms with Gasteiger partial charge >= 0.3 is 5.97 Å². The summed E-state index contributed by atoms with van der Waals surface area (Å²) in [5, 5.41) is 20.2. The number of carbonyl (C=O) groups is 1. The number of hydrogen-bond donors (Lipinski definition) is 2. The van der Waals surface area contributed by atoms with Crippen LogP contribution in [-0.4, -0.2) is 26.6 Å². The van der Waals surface area contributed by atoms with Crippen LogP contribution in [0.25, 0.3) is 0 Å². The minimum atomic E-state index is -1.00. The zero-order chi connectivity index (χ0) is 10.0. The molecule has 0 saturated heterocycles. The number of carboxylic acid groups (broad SMARTS) is 1. The van der Waals surface area contributed by atoms with Crippen LogP contribution < -0.4 is 0 Å². The first-order chi connectivity index (χ1) is 6.06. The van der Waals surface area contributed by atoms with Gasteiger partial charge in [-0.25, -0.2) is 4.79 Å². The maximum absolute atomic E-state index is 10.6. The van der Waals surface area contributed by atoms with E-state index < -0.39 is 5.97 Å². The average molecular weight is 182 g/mol. The Labute approximate surface area is 74.9 Å². The smallest absolute Gasteiger partial charge is 0.352 e. The van der Waals surface area contributed by atoms with Crippen molar-refractivity contribution in [2.45, 2.75) is 6.92 Å². The van der Waals surface area contributed by atoms with Crippen molar-refractivity contribution in [2.24, 2.45) is 12.2 Å². The van der Waals surface area contributed by atoms with Crippen molar-refractivity contribution in [2.75, 3.05) is 0 Å². The van der Waals surface area contributed by atoms with Crippen LogP contribution in [-0.2, 0) is 7.05 Å². The van der Waals surface area contributed by atoms with Gasteiger partial charge in [-0.1, -0.05) is 5.16 Å². The predicted molar refractivity (Wildman–Crippen MR) is 46.4 cm³/mol. The van der Waals surface area contributed by atoms with Crippen molar-refractivity contribution in [3.63, 3.8) is 0 Å². The summed E-state index contributed by atoms with van der Waals surface area (Å²) in [5.74, 6) is -1.00. The summed E-state index contributed by atoms with van der Waals surface area (Å²) < 4.78 is 1.46. The molecular formula is C8H10N2O3. The fourth-order valence-corrected chi connectivity index (χ4v) is 1.03. The van der Waals surface area contributed by atoms with E-state index >= 15 is 0 Å². The summed E-state index contributed by atoms with van der Waals surface area (Å²) >= 11 is 0. The van der Waals surface area contributed by atoms with Crippen LogP contribution in [0.15, 0.2) is 17.4 Å². The van der Waals surface area contributed by atoms with Crippen LogP contribution in [0.2, 0.25) is 0 Å². The highest BCUT2D eigenvalue weighted by Gasteiger charge is 2.11. The van der Waals surface area contributed by atoms with Gasteiger partial charge < -0.3 is 14.9 Å². The molecule has 1 heterocycles. The molecule has 0 spiro atoms. The molecule has 1 rings (SSSR count). The van der Waals surface area contributed by atoms with Crippen LogP contribution in [0.1, 0.15) is 23.0 Å². The summed E-state index contributed by atoms with van der Waals surface area (Å²) in [5.41, 5.74) is 1.16. The van der Waals surface area contributed by atoms with E-state index in [1.54, 1.807) is 20.2 Å². The monoisotopic (exact) mass is 182 g/mol. The molecule has 0 aliphatic rings. The lowest BCUT2D eigenvalue weighted by Crippen LogP contribution is -2.02. The number of aryl methyl sites for hydroxylation is 1. The van der Waals surface area contributed by atoms with Gasteiger partial charge in [0.15, 0.2) is 0 Å². The fraction of sp³-hybridized carbons (Fsp3) is 0.250. The second kappa shape index (κ2) is 3.30. The Balaban J connectivity index is 3.16. The quantitative estimate of drug-likeness (QED) is 0.405. The highest BCUT2D eigenvalue weighted by Crippen LogP contribution is 2.08. The Morgan fingerprint density at radius 2 is 2.23 bits per heavy atom. The molecule has 0 saturated carbocycles. The molecule has 5 heteroatoms. The van der Waals surface area contributed by atoms with Gasteiger partial charge in [-0.15, -0.1) is 0 Å². The highest BCUT2D eigenvalue weighted by atomic mass is 16.4. The van der Waals surface area contributed by atoms with Gasteiger partial charge in [0, 0.05) is 18.8 Å². The van der Waals surface area contributed by atoms with Gasteiger partial charge in [-0.3, -0.25) is 0 Å². The molecule has 13 heavy (non-hydrogen) atoms. The Bertz CT molecular complexity index is 365. The molecule has 0 radical (unpaired) electrons. The molecule has 0 bridgehead atoms. The fourth-order valence-electron chi connectivity index (χ4n) is 1.03. The maximum atomic E-state index is 10.6. The molecule has 0 aliphatic carbocycles. The number of nitrogens with zero attached hydrogens (tertiary/aromatic N) is 2. The number of carboxylic acids is 1. The minimum absolute atomic E-state index is 0.165. The van der Waals surface area contributed by atoms with Crippen molar-refractivity contribution < 1.29 is 15.1 Å². The second-order valence-electron chi connectivity index (χ2n) is 2.72. The summed E-state index contributed by atoms with van der Waals surface area (Å²) in [4.78, 5) is 10.6. The number of oxime groups is 1. The minimum Gasteiger partial charge on any atom is -0.477 e. The third-order valence-corrected chi connectivity index (χ3v) is 1.79. The van der Waals surface area contributed by atoms with Crippen molar-refractivity contribution >= 4 is 11.7 Å². The van der Waals surface area contributed by atoms with Crippen LogP contribution in [0.3, 0.4) is 0 Å². The Morgan fingerprint density at radius 1 is 1.62 bits per heavy atom. The molecule has 70 valence electrons. The Kier molecular flexibility index (Phi) is 2.36. The van der Waals surface area contributed by atoms with E-state index in [4.69, 9.17) is 10.3 Å². The van der Waals surface area contributed by atoms with Gasteiger partial charge in [0.05, 0.1) is 5.71 Å². The van der Waals surface area contributed by atoms with Crippen molar-refractivity contribution in [3.05, 3.63) is 23.5 Å². The highest BCUT2D eigenvalue weighted by molar-refractivity contribution is 6.00. The number of aromatic nitrogens is 1. The van der Waals surface area contributed by atoms with Crippen molar-refractivity contribution in [3.8, 4) is 0 Å². The second-order valence-corrected chi connectivity index (χ2v) is 2.72. The van der Waals surface area contributed by atoms with Crippen molar-refractivity contribution in [1.29, 1.82) is 0 Å². The molecule has 2 N–H and O–H groups in total. The average Bonchev–Trinajstić information content (AvgIpc) is 2.46. The van der Waals surface area contributed by atoms with E-state index in [0.717, 1.165) is 0 Å². The maximum Gasteiger partial charge on any atom is 0.352 e. The summed E-state index contributed by atoms with van der Waals surface area (Å²) in [6, 6.07) is 1.46. The van der Waals surface area contributed by atoms with E-state index in [1.807, 2.05) is 0 Å². The number of aromatic carboxylic acids is 1. The first kappa shape index (κ1) is 9.31. The summed E-state index contributed by atoms with van der Waals surface area (Å²) in [7, 11) is 1.62. The van der Waals surface area contributed by atoms with Gasteiger partial charge in [0.25, 0.3) is 0 Å². The van der Waals surface area contributed by atoms with E-state index in [1.165, 1.54) is 10.6 Å². The van der Waals surface area contributed by atoms with Gasteiger partial charge in [0.1, 0.15) is 5.69 Å². The molecule has 0 amide bonds. The molecule has 0 aromatic carbocycles. The van der Waals surface area contributed by atoms with Crippen molar-refractivity contribution in [1.82, 2.24) is 4.57 Å². The molecule has 5 nitrogen and oxygen atoms in total. The van der Waals surface area contributed by atoms with E-state index in [2.05, 4.69) is 5.16 Å². The first-order valence-electron chi connectivity index (χ1n) is 3.65. The van der Waals surface area contributed by atoms with E-state index in [-0.39, 0.29) is 5.69 Å². The van der Waals surface area contributed by atoms with Crippen LogP contribution >= 0.6 is 0 Å². The van der Waals surface area contributed by atoms with E-state index in [9.17, 15) is 4.79 Å². The van der Waals surface area contributed by atoms with Gasteiger partial charge in [-0.05, 0) is 13.0 Å². The standard InChI is InChI=1S/C8H10N2O3/c1-5(9-13)6-3-7(8(11)12)10(2)4-6/h3-4,13H,1-2H3,(H,11,12)/b9-5-. The predicted octanol–water partition coefficient (Wildman–Crippen LogP) is 0.921. The van der Waals surface area contributed by atoms with Crippen LogP contribution in [0, 0.1) is 0 Å². The molecular weight excluding hydrogens is 172 g/mol. The number of rotatable bonds is 2. The SMILES string of the molecule is C/C(=N/O)c1cc(C(=O)O)n(C)c1. The van der Waals surface area contributed by atoms with Gasteiger partial charge in [-0.2, -0.15) is 0 Å². The lowest BCUT2D eigenvalue weighted by Gasteiger charge is -1.93. The van der Waals surface area contributed by atoms with E-state index in [0.29, 0.717) is 11.3 Å². The molecule has 0 unspecified atom stereocenters. The molecule has 0 aliphatic heterocycles. The lowest BCUT2D eigenvalue weighted by atomic mass is 10.2. The normalized spacial score (nSPS) is 11.7. The summed E-state index contributed by atoms with van der Waals surface area (Å²) in [6.45, 7) is 1.60. The summed E-state index contributed by atoms with van der Waals surface area (Å²) in [6.07, 6.45) is 1.60. The Morgan fingerprint density at radius 3 is 2.62 bits per heavy atom. The Hall–Kier alpha value is -1.78. The lowest BCUT2D eigenvalue weighted by molar-refractivity contribution is 0.0686. The third kappa shape index (κ3) is 1.69. The zero-order valence-electron chi connectivity index (χ0n) is 7.35. The number of hydrogen-bond acceptors (Lipinski definition) is 3. The van der Waals surface area contributed by atoms with Crippen LogP contribution in [0.4, 0.5) is 0 Å². The van der Waals surface area contributed by atoms with Gasteiger partial charge in [0.2, 0.25) is 0 Å². The third-order valence-electron chi connectivity index (χ3n) is 1.79. The molecule has 0 fully saturated rings. The molecule has 1 aromatic rings. The zero-order valence-corrected chi connectivity index (χ0v) is 7.35. The topological polar surface area (TPSA) is 74.8 Å². The molecule has 0 atom stereocenters. The molecule has 1 aromatic heterocycles. The largest absolute Gasteiger partial charge is 0.477 e. The first-order valence-corrected chi connectivity index (χ1v) is 3.65.